The third kappa shape index (κ3) is 8.00. The van der Waals surface area contributed by atoms with Crippen molar-refractivity contribution in [1.29, 1.82) is 0 Å². The van der Waals surface area contributed by atoms with E-state index in [-0.39, 0.29) is 24.5 Å². The Hall–Kier alpha value is -3.49. The largest absolute Gasteiger partial charge is 0.496 e. The quantitative estimate of drug-likeness (QED) is 0.325. The van der Waals surface area contributed by atoms with Crippen molar-refractivity contribution < 1.29 is 19.1 Å². The Balaban J connectivity index is 1.21. The van der Waals surface area contributed by atoms with Gasteiger partial charge in [-0.25, -0.2) is 4.79 Å². The van der Waals surface area contributed by atoms with E-state index in [0.717, 1.165) is 29.1 Å². The summed E-state index contributed by atoms with van der Waals surface area (Å²) in [7, 11) is 1.63. The summed E-state index contributed by atoms with van der Waals surface area (Å²) in [5, 5.41) is 2.93. The van der Waals surface area contributed by atoms with E-state index in [9.17, 15) is 9.59 Å². The molecule has 0 unspecified atom stereocenters. The lowest BCUT2D eigenvalue weighted by Gasteiger charge is -2.32. The molecule has 1 aliphatic heterocycles. The summed E-state index contributed by atoms with van der Waals surface area (Å²) in [4.78, 5) is 27.9. The highest BCUT2D eigenvalue weighted by Crippen LogP contribution is 2.34. The van der Waals surface area contributed by atoms with Crippen molar-refractivity contribution in [2.24, 2.45) is 11.7 Å². The molecule has 3 aromatic carbocycles. The molecule has 0 bridgehead atoms. The molecule has 1 fully saturated rings. The Kier molecular flexibility index (Phi) is 10.1. The Labute approximate surface area is 228 Å². The van der Waals surface area contributed by atoms with Gasteiger partial charge < -0.3 is 25.4 Å². The molecule has 3 aromatic rings. The third-order valence-corrected chi connectivity index (χ3v) is 7.80. The van der Waals surface area contributed by atoms with E-state index in [1.807, 2.05) is 66.7 Å². The molecule has 3 N–H and O–H groups in total. The number of anilines is 1. The number of likely N-dealkylation sites (tertiary alicyclic amines) is 1. The molecule has 1 atom stereocenters. The predicted molar refractivity (Wildman–Crippen MR) is 151 cm³/mol. The lowest BCUT2D eigenvalue weighted by Crippen LogP contribution is -2.42. The van der Waals surface area contributed by atoms with Crippen LogP contribution in [-0.4, -0.2) is 43.1 Å². The smallest absolute Gasteiger partial charge is 0.410 e. The van der Waals surface area contributed by atoms with Gasteiger partial charge in [-0.2, -0.15) is 0 Å². The minimum atomic E-state index is -0.630. The second-order valence-corrected chi connectivity index (χ2v) is 10.5. The Morgan fingerprint density at radius 1 is 1.00 bits per heavy atom. The highest BCUT2D eigenvalue weighted by atomic mass is 32.2. The van der Waals surface area contributed by atoms with Crippen molar-refractivity contribution in [3.63, 3.8) is 0 Å². The number of hydrogen-bond acceptors (Lipinski definition) is 6. The second kappa shape index (κ2) is 13.9. The number of carbonyl (C=O) groups excluding carboxylic acids is 2. The van der Waals surface area contributed by atoms with Crippen LogP contribution >= 0.6 is 11.8 Å². The number of carbonyl (C=O) groups is 2. The fraction of sp³-hybridized carbons (Fsp3) is 0.333. The zero-order chi connectivity index (χ0) is 26.7. The van der Waals surface area contributed by atoms with Gasteiger partial charge >= 0.3 is 6.09 Å². The standard InChI is InChI=1S/C30H35N3O4S/c1-36-27-19-25(12-13-28(27)38-21-24-10-6-3-7-11-24)32-29(34)26(31)18-22-14-16-33(17-15-22)30(35)37-20-23-8-4-2-5-9-23/h2-13,19,22,26H,14-18,20-21,31H2,1H3,(H,32,34)/t26-/m0/s1. The van der Waals surface area contributed by atoms with Crippen LogP contribution in [0.3, 0.4) is 0 Å². The van der Waals surface area contributed by atoms with Crippen molar-refractivity contribution >= 4 is 29.4 Å². The van der Waals surface area contributed by atoms with Gasteiger partial charge in [0.1, 0.15) is 12.4 Å². The van der Waals surface area contributed by atoms with Crippen molar-refractivity contribution in [3.05, 3.63) is 90.0 Å². The van der Waals surface area contributed by atoms with E-state index < -0.39 is 6.04 Å². The second-order valence-electron chi connectivity index (χ2n) is 9.44. The zero-order valence-electron chi connectivity index (χ0n) is 21.7. The number of thioether (sulfide) groups is 1. The van der Waals surface area contributed by atoms with Gasteiger partial charge in [0.15, 0.2) is 0 Å². The molecular weight excluding hydrogens is 498 g/mol. The summed E-state index contributed by atoms with van der Waals surface area (Å²) < 4.78 is 11.0. The summed E-state index contributed by atoms with van der Waals surface area (Å²) in [5.74, 6) is 1.60. The van der Waals surface area contributed by atoms with Gasteiger partial charge in [-0.15, -0.1) is 11.8 Å². The summed E-state index contributed by atoms with van der Waals surface area (Å²) >= 11 is 1.69. The number of hydrogen-bond donors (Lipinski definition) is 2. The summed E-state index contributed by atoms with van der Waals surface area (Å²) in [6.45, 7) is 1.47. The first kappa shape index (κ1) is 27.5. The summed E-state index contributed by atoms with van der Waals surface area (Å²) in [6.07, 6.45) is 1.86. The Bertz CT molecular complexity index is 1180. The molecule has 200 valence electrons. The lowest BCUT2D eigenvalue weighted by molar-refractivity contribution is -0.117. The van der Waals surface area contributed by atoms with Crippen LogP contribution in [0.25, 0.3) is 0 Å². The Morgan fingerprint density at radius 2 is 1.66 bits per heavy atom. The number of nitrogens with zero attached hydrogens (tertiary/aromatic N) is 1. The number of nitrogens with one attached hydrogen (secondary N) is 1. The topological polar surface area (TPSA) is 93.9 Å². The van der Waals surface area contributed by atoms with E-state index in [4.69, 9.17) is 15.2 Å². The van der Waals surface area contributed by atoms with Crippen molar-refractivity contribution in [2.45, 2.75) is 42.6 Å². The van der Waals surface area contributed by atoms with E-state index in [0.29, 0.717) is 30.9 Å². The Morgan fingerprint density at radius 3 is 2.32 bits per heavy atom. The van der Waals surface area contributed by atoms with Gasteiger partial charge in [0, 0.05) is 35.5 Å². The number of nitrogens with two attached hydrogens (primary N) is 1. The van der Waals surface area contributed by atoms with E-state index in [1.54, 1.807) is 23.8 Å². The van der Waals surface area contributed by atoms with Gasteiger partial charge in [-0.05, 0) is 48.4 Å². The molecular formula is C30H35N3O4S. The maximum atomic E-state index is 12.8. The highest BCUT2D eigenvalue weighted by Gasteiger charge is 2.27. The van der Waals surface area contributed by atoms with E-state index in [1.165, 1.54) is 5.56 Å². The lowest BCUT2D eigenvalue weighted by atomic mass is 9.90. The fourth-order valence-electron chi connectivity index (χ4n) is 4.46. The highest BCUT2D eigenvalue weighted by molar-refractivity contribution is 7.98. The number of ether oxygens (including phenoxy) is 2. The van der Waals surface area contributed by atoms with Crippen LogP contribution in [0.2, 0.25) is 0 Å². The number of amides is 2. The molecule has 1 heterocycles. The molecule has 0 saturated carbocycles. The molecule has 1 aliphatic rings. The molecule has 1 saturated heterocycles. The number of rotatable bonds is 10. The molecule has 2 amide bonds. The fourth-order valence-corrected chi connectivity index (χ4v) is 5.43. The van der Waals surface area contributed by atoms with Gasteiger partial charge in [0.05, 0.1) is 13.2 Å². The van der Waals surface area contributed by atoms with Crippen LogP contribution in [0.5, 0.6) is 5.75 Å². The number of methoxy groups -OCH3 is 1. The number of piperidine rings is 1. The SMILES string of the molecule is COc1cc(NC(=O)[C@@H](N)CC2CCN(C(=O)OCc3ccccc3)CC2)ccc1SCc1ccccc1. The first-order chi connectivity index (χ1) is 18.5. The van der Waals surface area contributed by atoms with Gasteiger partial charge in [0.25, 0.3) is 0 Å². The molecule has 0 aromatic heterocycles. The van der Waals surface area contributed by atoms with Gasteiger partial charge in [0.2, 0.25) is 5.91 Å². The molecule has 8 heteroatoms. The molecule has 0 spiro atoms. The first-order valence-corrected chi connectivity index (χ1v) is 13.9. The monoisotopic (exact) mass is 533 g/mol. The molecule has 38 heavy (non-hydrogen) atoms. The van der Waals surface area contributed by atoms with Crippen LogP contribution in [-0.2, 0) is 21.9 Å². The van der Waals surface area contributed by atoms with Crippen LogP contribution in [0.15, 0.2) is 83.8 Å². The molecule has 4 rings (SSSR count). The van der Waals surface area contributed by atoms with Crippen LogP contribution in [0.1, 0.15) is 30.4 Å². The van der Waals surface area contributed by atoms with Crippen LogP contribution < -0.4 is 15.8 Å². The molecule has 7 nitrogen and oxygen atoms in total. The van der Waals surface area contributed by atoms with E-state index in [2.05, 4.69) is 17.4 Å². The summed E-state index contributed by atoms with van der Waals surface area (Å²) in [6, 6.07) is 24.9. The van der Waals surface area contributed by atoms with E-state index >= 15 is 0 Å². The van der Waals surface area contributed by atoms with Crippen molar-refractivity contribution in [1.82, 2.24) is 4.90 Å². The van der Waals surface area contributed by atoms with Gasteiger partial charge in [-0.3, -0.25) is 4.79 Å². The minimum Gasteiger partial charge on any atom is -0.496 e. The average molecular weight is 534 g/mol. The average Bonchev–Trinajstić information content (AvgIpc) is 2.96. The van der Waals surface area contributed by atoms with Crippen molar-refractivity contribution in [2.75, 3.05) is 25.5 Å². The predicted octanol–water partition coefficient (Wildman–Crippen LogP) is 5.69. The van der Waals surface area contributed by atoms with Crippen LogP contribution in [0.4, 0.5) is 10.5 Å². The number of benzene rings is 3. The first-order valence-electron chi connectivity index (χ1n) is 12.9. The summed E-state index contributed by atoms with van der Waals surface area (Å²) in [5.41, 5.74) is 9.12. The normalized spacial score (nSPS) is 14.5. The third-order valence-electron chi connectivity index (χ3n) is 6.67. The minimum absolute atomic E-state index is 0.221. The zero-order valence-corrected chi connectivity index (χ0v) is 22.5. The van der Waals surface area contributed by atoms with Crippen molar-refractivity contribution in [3.8, 4) is 5.75 Å². The molecule has 0 aliphatic carbocycles. The van der Waals surface area contributed by atoms with Crippen LogP contribution in [0, 0.1) is 5.92 Å². The van der Waals surface area contributed by atoms with Gasteiger partial charge in [-0.1, -0.05) is 60.7 Å². The maximum absolute atomic E-state index is 12.8. The maximum Gasteiger partial charge on any atom is 0.410 e. The molecule has 0 radical (unpaired) electrons.